The fourth-order valence-corrected chi connectivity index (χ4v) is 2.42. The van der Waals surface area contributed by atoms with E-state index in [0.29, 0.717) is 13.0 Å². The minimum absolute atomic E-state index is 0.0849. The van der Waals surface area contributed by atoms with Crippen molar-refractivity contribution in [2.24, 2.45) is 5.92 Å². The maximum Gasteiger partial charge on any atom is 0.223 e. The van der Waals surface area contributed by atoms with E-state index in [0.717, 1.165) is 12.2 Å². The molecule has 0 aliphatic carbocycles. The Morgan fingerprint density at radius 2 is 2.16 bits per heavy atom. The van der Waals surface area contributed by atoms with E-state index in [9.17, 15) is 4.79 Å². The Kier molecular flexibility index (Phi) is 4.11. The molecular weight excluding hydrogens is 236 g/mol. The van der Waals surface area contributed by atoms with E-state index in [1.54, 1.807) is 0 Å². The van der Waals surface area contributed by atoms with Gasteiger partial charge in [-0.05, 0) is 19.1 Å². The van der Waals surface area contributed by atoms with Crippen LogP contribution in [0.4, 0.5) is 5.69 Å². The molecule has 0 radical (unpaired) electrons. The van der Waals surface area contributed by atoms with Crippen LogP contribution in [-0.2, 0) is 4.79 Å². The molecule has 1 saturated heterocycles. The number of rotatable bonds is 4. The van der Waals surface area contributed by atoms with Crippen LogP contribution in [0.2, 0.25) is 0 Å². The highest BCUT2D eigenvalue weighted by Gasteiger charge is 2.29. The highest BCUT2D eigenvalue weighted by atomic mass is 16.2. The van der Waals surface area contributed by atoms with Crippen molar-refractivity contribution in [1.29, 1.82) is 0 Å². The van der Waals surface area contributed by atoms with Gasteiger partial charge in [0.05, 0.1) is 0 Å². The monoisotopic (exact) mass is 256 g/mol. The Hall–Kier alpha value is -1.95. The molecule has 1 fully saturated rings. The van der Waals surface area contributed by atoms with E-state index in [1.807, 2.05) is 23.1 Å². The van der Waals surface area contributed by atoms with Crippen molar-refractivity contribution in [3.63, 3.8) is 0 Å². The van der Waals surface area contributed by atoms with E-state index >= 15 is 0 Å². The molecule has 1 aromatic rings. The van der Waals surface area contributed by atoms with Crippen LogP contribution >= 0.6 is 0 Å². The van der Waals surface area contributed by atoms with Crippen LogP contribution < -0.4 is 4.90 Å². The largest absolute Gasteiger partial charge is 0.370 e. The maximum absolute atomic E-state index is 11.9. The number of hydrogen-bond acceptors (Lipinski definition) is 2. The van der Waals surface area contributed by atoms with Gasteiger partial charge in [-0.3, -0.25) is 4.79 Å². The minimum Gasteiger partial charge on any atom is -0.370 e. The summed E-state index contributed by atoms with van der Waals surface area (Å²) >= 11 is 0. The van der Waals surface area contributed by atoms with Gasteiger partial charge in [0.1, 0.15) is 0 Å². The number of benzene rings is 1. The van der Waals surface area contributed by atoms with Gasteiger partial charge in [0, 0.05) is 44.2 Å². The summed E-state index contributed by atoms with van der Waals surface area (Å²) in [5, 5.41) is 0. The molecule has 2 unspecified atom stereocenters. The third kappa shape index (κ3) is 3.08. The first-order valence-corrected chi connectivity index (χ1v) is 6.63. The fraction of sp³-hybridized carbons (Fsp3) is 0.438. The quantitative estimate of drug-likeness (QED) is 0.769. The van der Waals surface area contributed by atoms with Gasteiger partial charge in [-0.1, -0.05) is 18.2 Å². The zero-order valence-corrected chi connectivity index (χ0v) is 11.5. The van der Waals surface area contributed by atoms with Crippen LogP contribution in [0, 0.1) is 18.3 Å². The summed E-state index contributed by atoms with van der Waals surface area (Å²) in [5.74, 6) is 2.94. The smallest absolute Gasteiger partial charge is 0.223 e. The van der Waals surface area contributed by atoms with Crippen LogP contribution in [0.3, 0.4) is 0 Å². The molecule has 19 heavy (non-hydrogen) atoms. The van der Waals surface area contributed by atoms with Crippen molar-refractivity contribution < 1.29 is 4.79 Å². The Morgan fingerprint density at radius 3 is 2.74 bits per heavy atom. The Bertz CT molecular complexity index is 477. The summed E-state index contributed by atoms with van der Waals surface area (Å²) in [4.78, 5) is 15.9. The van der Waals surface area contributed by atoms with Gasteiger partial charge in [0.15, 0.2) is 0 Å². The zero-order chi connectivity index (χ0) is 13.8. The number of carbonyl (C=O) groups is 1. The normalized spacial score (nSPS) is 20.2. The van der Waals surface area contributed by atoms with E-state index in [1.165, 1.54) is 0 Å². The number of likely N-dealkylation sites (tertiary alicyclic amines) is 1. The summed E-state index contributed by atoms with van der Waals surface area (Å²) in [6.45, 7) is 3.55. The third-order valence-corrected chi connectivity index (χ3v) is 3.76. The first-order valence-electron chi connectivity index (χ1n) is 6.63. The van der Waals surface area contributed by atoms with Gasteiger partial charge in [-0.2, -0.15) is 0 Å². The molecule has 100 valence electrons. The van der Waals surface area contributed by atoms with E-state index in [4.69, 9.17) is 6.42 Å². The van der Waals surface area contributed by atoms with Crippen LogP contribution in [0.5, 0.6) is 0 Å². The van der Waals surface area contributed by atoms with Gasteiger partial charge < -0.3 is 9.80 Å². The van der Waals surface area contributed by atoms with Crippen molar-refractivity contribution in [1.82, 2.24) is 4.90 Å². The molecule has 2 rings (SSSR count). The van der Waals surface area contributed by atoms with Gasteiger partial charge in [-0.25, -0.2) is 0 Å². The van der Waals surface area contributed by atoms with Crippen molar-refractivity contribution in [3.8, 4) is 12.3 Å². The summed E-state index contributed by atoms with van der Waals surface area (Å²) < 4.78 is 0. The molecule has 0 N–H and O–H groups in total. The van der Waals surface area contributed by atoms with Crippen LogP contribution in [0.1, 0.15) is 13.3 Å². The third-order valence-electron chi connectivity index (χ3n) is 3.76. The summed E-state index contributed by atoms with van der Waals surface area (Å²) in [7, 11) is 2.05. The lowest BCUT2D eigenvalue weighted by molar-refractivity contribution is -0.127. The second kappa shape index (κ2) is 5.79. The number of amides is 1. The molecule has 1 aliphatic heterocycles. The molecule has 1 aromatic carbocycles. The Labute approximate surface area is 115 Å². The first kappa shape index (κ1) is 13.5. The molecule has 3 heteroatoms. The summed E-state index contributed by atoms with van der Waals surface area (Å²) in [5.41, 5.74) is 1.16. The van der Waals surface area contributed by atoms with Crippen molar-refractivity contribution in [2.75, 3.05) is 25.0 Å². The lowest BCUT2D eigenvalue weighted by Gasteiger charge is -2.30. The van der Waals surface area contributed by atoms with E-state index in [2.05, 4.69) is 36.9 Å². The highest BCUT2D eigenvalue weighted by molar-refractivity contribution is 5.79. The SMILES string of the molecule is C#CC1CC(=O)N(CC(C)N(C)c2ccccc2)C1. The van der Waals surface area contributed by atoms with Gasteiger partial charge in [0.2, 0.25) is 5.91 Å². The Balaban J connectivity index is 1.96. The number of terminal acetylenes is 1. The second-order valence-electron chi connectivity index (χ2n) is 5.16. The lowest BCUT2D eigenvalue weighted by atomic mass is 10.1. The molecule has 2 atom stereocenters. The van der Waals surface area contributed by atoms with Crippen LogP contribution in [0.15, 0.2) is 30.3 Å². The predicted molar refractivity (Wildman–Crippen MR) is 77.8 cm³/mol. The average Bonchev–Trinajstić information content (AvgIpc) is 2.79. The Morgan fingerprint density at radius 1 is 1.47 bits per heavy atom. The van der Waals surface area contributed by atoms with Crippen LogP contribution in [-0.4, -0.2) is 37.0 Å². The summed E-state index contributed by atoms with van der Waals surface area (Å²) in [6.07, 6.45) is 5.90. The van der Waals surface area contributed by atoms with Gasteiger partial charge in [0.25, 0.3) is 0 Å². The van der Waals surface area contributed by atoms with Crippen molar-refractivity contribution in [3.05, 3.63) is 30.3 Å². The van der Waals surface area contributed by atoms with Gasteiger partial charge in [-0.15, -0.1) is 12.3 Å². The van der Waals surface area contributed by atoms with Crippen LogP contribution in [0.25, 0.3) is 0 Å². The average molecular weight is 256 g/mol. The van der Waals surface area contributed by atoms with Gasteiger partial charge >= 0.3 is 0 Å². The second-order valence-corrected chi connectivity index (χ2v) is 5.16. The molecule has 1 amide bonds. The molecule has 3 nitrogen and oxygen atoms in total. The van der Waals surface area contributed by atoms with Crippen molar-refractivity contribution in [2.45, 2.75) is 19.4 Å². The number of likely N-dealkylation sites (N-methyl/N-ethyl adjacent to an activating group) is 1. The fourth-order valence-electron chi connectivity index (χ4n) is 2.42. The molecule has 0 bridgehead atoms. The maximum atomic E-state index is 11.9. The molecular formula is C16H20N2O. The lowest BCUT2D eigenvalue weighted by Crippen LogP contribution is -2.41. The predicted octanol–water partition coefficient (Wildman–Crippen LogP) is 1.99. The zero-order valence-electron chi connectivity index (χ0n) is 11.5. The highest BCUT2D eigenvalue weighted by Crippen LogP contribution is 2.20. The minimum atomic E-state index is 0.0849. The van der Waals surface area contributed by atoms with Crippen molar-refractivity contribution >= 4 is 11.6 Å². The molecule has 0 saturated carbocycles. The first-order chi connectivity index (χ1) is 9.11. The molecule has 0 aromatic heterocycles. The molecule has 0 spiro atoms. The van der Waals surface area contributed by atoms with E-state index in [-0.39, 0.29) is 17.9 Å². The number of para-hydroxylation sites is 1. The molecule has 1 aliphatic rings. The van der Waals surface area contributed by atoms with E-state index < -0.39 is 0 Å². The number of nitrogens with zero attached hydrogens (tertiary/aromatic N) is 2. The topological polar surface area (TPSA) is 23.6 Å². The standard InChI is InChI=1S/C16H20N2O/c1-4-14-10-16(19)18(12-14)11-13(2)17(3)15-8-6-5-7-9-15/h1,5-9,13-14H,10-12H2,2-3H3. The molecule has 1 heterocycles. The summed E-state index contributed by atoms with van der Waals surface area (Å²) in [6, 6.07) is 10.5. The number of anilines is 1. The number of hydrogen-bond donors (Lipinski definition) is 0. The number of carbonyl (C=O) groups excluding carboxylic acids is 1.